The van der Waals surface area contributed by atoms with E-state index in [0.717, 1.165) is 0 Å². The molecule has 0 aromatic heterocycles. The van der Waals surface area contributed by atoms with Crippen LogP contribution in [0.2, 0.25) is 0 Å². The first kappa shape index (κ1) is 18.6. The number of halogens is 2. The van der Waals surface area contributed by atoms with Crippen LogP contribution in [0.25, 0.3) is 0 Å². The van der Waals surface area contributed by atoms with Crippen LogP contribution < -0.4 is 10.1 Å². The lowest BCUT2D eigenvalue weighted by Gasteiger charge is -2.34. The van der Waals surface area contributed by atoms with Gasteiger partial charge in [0, 0.05) is 25.7 Å². The van der Waals surface area contributed by atoms with Crippen molar-refractivity contribution in [2.75, 3.05) is 19.8 Å². The second kappa shape index (κ2) is 8.39. The zero-order valence-electron chi connectivity index (χ0n) is 13.6. The van der Waals surface area contributed by atoms with Gasteiger partial charge in [0.05, 0.1) is 0 Å². The fraction of sp³-hybridized carbons (Fsp3) is 0.588. The number of rotatable bonds is 7. The maximum Gasteiger partial charge on any atom is 0.272 e. The van der Waals surface area contributed by atoms with Crippen molar-refractivity contribution < 1.29 is 28.2 Å². The van der Waals surface area contributed by atoms with E-state index in [1.807, 2.05) is 0 Å². The molecule has 134 valence electrons. The number of carbonyl (C=O) groups excluding carboxylic acids is 1. The maximum atomic E-state index is 12.3. The van der Waals surface area contributed by atoms with E-state index in [9.17, 15) is 18.7 Å². The van der Waals surface area contributed by atoms with Gasteiger partial charge in [0.25, 0.3) is 12.3 Å². The molecule has 1 heterocycles. The SMILES string of the molecule is CC(O)(C(=O)NCc1cccc(OCC(F)F)c1)C1CCOCC1. The molecule has 1 unspecified atom stereocenters. The first-order chi connectivity index (χ1) is 11.4. The van der Waals surface area contributed by atoms with E-state index < -0.39 is 24.5 Å². The third-order valence-corrected chi connectivity index (χ3v) is 4.20. The number of hydrogen-bond acceptors (Lipinski definition) is 4. The second-order valence-electron chi connectivity index (χ2n) is 6.07. The molecule has 0 aliphatic carbocycles. The lowest BCUT2D eigenvalue weighted by atomic mass is 9.82. The topological polar surface area (TPSA) is 67.8 Å². The molecule has 1 saturated heterocycles. The van der Waals surface area contributed by atoms with Crippen molar-refractivity contribution in [1.29, 1.82) is 0 Å². The first-order valence-electron chi connectivity index (χ1n) is 7.98. The molecule has 1 aromatic carbocycles. The van der Waals surface area contributed by atoms with Crippen molar-refractivity contribution in [3.63, 3.8) is 0 Å². The van der Waals surface area contributed by atoms with Gasteiger partial charge in [-0.15, -0.1) is 0 Å². The van der Waals surface area contributed by atoms with E-state index in [4.69, 9.17) is 9.47 Å². The van der Waals surface area contributed by atoms with Crippen molar-refractivity contribution in [2.45, 2.75) is 38.3 Å². The average Bonchev–Trinajstić information content (AvgIpc) is 2.59. The molecule has 1 aromatic rings. The highest BCUT2D eigenvalue weighted by atomic mass is 19.3. The van der Waals surface area contributed by atoms with Gasteiger partial charge in [0.1, 0.15) is 18.0 Å². The molecule has 0 saturated carbocycles. The standard InChI is InChI=1S/C17H23F2NO4/c1-17(22,13-5-7-23-8-6-13)16(21)20-10-12-3-2-4-14(9-12)24-11-15(18)19/h2-4,9,13,15,22H,5-8,10-11H2,1H3,(H,20,21). The highest BCUT2D eigenvalue weighted by Crippen LogP contribution is 2.27. The van der Waals surface area contributed by atoms with Crippen LogP contribution >= 0.6 is 0 Å². The molecule has 24 heavy (non-hydrogen) atoms. The van der Waals surface area contributed by atoms with E-state index in [-0.39, 0.29) is 12.5 Å². The van der Waals surface area contributed by atoms with Crippen LogP contribution in [-0.4, -0.2) is 42.9 Å². The van der Waals surface area contributed by atoms with Crippen LogP contribution in [0.1, 0.15) is 25.3 Å². The summed E-state index contributed by atoms with van der Waals surface area (Å²) in [7, 11) is 0. The van der Waals surface area contributed by atoms with Crippen LogP contribution in [0, 0.1) is 5.92 Å². The smallest absolute Gasteiger partial charge is 0.272 e. The van der Waals surface area contributed by atoms with E-state index in [1.165, 1.54) is 6.92 Å². The third-order valence-electron chi connectivity index (χ3n) is 4.20. The molecule has 1 aliphatic heterocycles. The van der Waals surface area contributed by atoms with E-state index in [1.54, 1.807) is 24.3 Å². The van der Waals surface area contributed by atoms with Gasteiger partial charge in [0.2, 0.25) is 0 Å². The second-order valence-corrected chi connectivity index (χ2v) is 6.07. The molecule has 5 nitrogen and oxygen atoms in total. The normalized spacial score (nSPS) is 18.2. The Kier molecular flexibility index (Phi) is 6.51. The lowest BCUT2D eigenvalue weighted by molar-refractivity contribution is -0.147. The minimum Gasteiger partial charge on any atom is -0.488 e. The highest BCUT2D eigenvalue weighted by Gasteiger charge is 2.39. The zero-order chi connectivity index (χ0) is 17.6. The number of benzene rings is 1. The minimum absolute atomic E-state index is 0.146. The molecular formula is C17H23F2NO4. The summed E-state index contributed by atoms with van der Waals surface area (Å²) < 4.78 is 34.5. The van der Waals surface area contributed by atoms with Gasteiger partial charge in [-0.05, 0) is 37.5 Å². The van der Waals surface area contributed by atoms with Crippen molar-refractivity contribution in [1.82, 2.24) is 5.32 Å². The number of aliphatic hydroxyl groups is 1. The zero-order valence-corrected chi connectivity index (χ0v) is 13.6. The van der Waals surface area contributed by atoms with Crippen molar-refractivity contribution in [3.8, 4) is 5.75 Å². The quantitative estimate of drug-likeness (QED) is 0.796. The number of ether oxygens (including phenoxy) is 2. The van der Waals surface area contributed by atoms with E-state index in [2.05, 4.69) is 5.32 Å². The number of nitrogens with one attached hydrogen (secondary N) is 1. The van der Waals surface area contributed by atoms with E-state index >= 15 is 0 Å². The van der Waals surface area contributed by atoms with Crippen molar-refractivity contribution >= 4 is 5.91 Å². The maximum absolute atomic E-state index is 12.3. The third kappa shape index (κ3) is 5.14. The summed E-state index contributed by atoms with van der Waals surface area (Å²) >= 11 is 0. The summed E-state index contributed by atoms with van der Waals surface area (Å²) in [5, 5.41) is 13.2. The molecule has 0 spiro atoms. The number of carbonyl (C=O) groups is 1. The van der Waals surface area contributed by atoms with Gasteiger partial charge < -0.3 is 19.9 Å². The molecule has 1 aliphatic rings. The lowest BCUT2D eigenvalue weighted by Crippen LogP contribution is -2.51. The van der Waals surface area contributed by atoms with Gasteiger partial charge in [-0.2, -0.15) is 0 Å². The number of hydrogen-bond donors (Lipinski definition) is 2. The van der Waals surface area contributed by atoms with Crippen LogP contribution in [0.5, 0.6) is 5.75 Å². The Morgan fingerprint density at radius 1 is 1.46 bits per heavy atom. The average molecular weight is 343 g/mol. The predicted octanol–water partition coefficient (Wildman–Crippen LogP) is 2.12. The Hall–Kier alpha value is -1.73. The van der Waals surface area contributed by atoms with Gasteiger partial charge in [-0.25, -0.2) is 8.78 Å². The Bertz CT molecular complexity index is 545. The summed E-state index contributed by atoms with van der Waals surface area (Å²) in [6, 6.07) is 6.58. The van der Waals surface area contributed by atoms with Gasteiger partial charge in [-0.1, -0.05) is 12.1 Å². The molecule has 1 amide bonds. The highest BCUT2D eigenvalue weighted by molar-refractivity contribution is 5.84. The van der Waals surface area contributed by atoms with Gasteiger partial charge >= 0.3 is 0 Å². The largest absolute Gasteiger partial charge is 0.488 e. The fourth-order valence-electron chi connectivity index (χ4n) is 2.71. The summed E-state index contributed by atoms with van der Waals surface area (Å²) in [6.45, 7) is 2.11. The number of alkyl halides is 2. The molecule has 7 heteroatoms. The van der Waals surface area contributed by atoms with Gasteiger partial charge in [0.15, 0.2) is 0 Å². The summed E-state index contributed by atoms with van der Waals surface area (Å²) in [6.07, 6.45) is -1.27. The van der Waals surface area contributed by atoms with Crippen molar-refractivity contribution in [2.24, 2.45) is 5.92 Å². The Labute approximate surface area is 140 Å². The first-order valence-corrected chi connectivity index (χ1v) is 7.98. The Balaban J connectivity index is 1.89. The Morgan fingerprint density at radius 3 is 2.83 bits per heavy atom. The Morgan fingerprint density at radius 2 is 2.17 bits per heavy atom. The molecular weight excluding hydrogens is 320 g/mol. The molecule has 0 bridgehead atoms. The number of amides is 1. The molecule has 2 N–H and O–H groups in total. The van der Waals surface area contributed by atoms with Crippen LogP contribution in [0.15, 0.2) is 24.3 Å². The van der Waals surface area contributed by atoms with Gasteiger partial charge in [-0.3, -0.25) is 4.79 Å². The van der Waals surface area contributed by atoms with Crippen molar-refractivity contribution in [3.05, 3.63) is 29.8 Å². The van der Waals surface area contributed by atoms with E-state index in [0.29, 0.717) is 37.4 Å². The fourth-order valence-corrected chi connectivity index (χ4v) is 2.71. The molecule has 1 fully saturated rings. The van der Waals surface area contributed by atoms with Crippen LogP contribution in [0.3, 0.4) is 0 Å². The molecule has 0 radical (unpaired) electrons. The van der Waals surface area contributed by atoms with Crippen LogP contribution in [0.4, 0.5) is 8.78 Å². The summed E-state index contributed by atoms with van der Waals surface area (Å²) in [5.41, 5.74) is -0.758. The monoisotopic (exact) mass is 343 g/mol. The summed E-state index contributed by atoms with van der Waals surface area (Å²) in [4.78, 5) is 12.3. The molecule has 2 rings (SSSR count). The molecule has 1 atom stereocenters. The summed E-state index contributed by atoms with van der Waals surface area (Å²) in [5.74, 6) is -0.279. The minimum atomic E-state index is -2.54. The predicted molar refractivity (Wildman–Crippen MR) is 84.0 cm³/mol. The van der Waals surface area contributed by atoms with Crippen LogP contribution in [-0.2, 0) is 16.1 Å².